The van der Waals surface area contributed by atoms with Gasteiger partial charge in [-0.2, -0.15) is 0 Å². The van der Waals surface area contributed by atoms with Gasteiger partial charge >= 0.3 is 0 Å². The Morgan fingerprint density at radius 1 is 1.45 bits per heavy atom. The van der Waals surface area contributed by atoms with E-state index in [1.807, 2.05) is 18.2 Å². The van der Waals surface area contributed by atoms with Crippen molar-refractivity contribution in [2.75, 3.05) is 26.4 Å². The van der Waals surface area contributed by atoms with E-state index in [4.69, 9.17) is 21.1 Å². The highest BCUT2D eigenvalue weighted by molar-refractivity contribution is 9.10. The minimum Gasteiger partial charge on any atom is -0.379 e. The molecule has 1 aliphatic rings. The van der Waals surface area contributed by atoms with Crippen LogP contribution in [0, 0.1) is 0 Å². The summed E-state index contributed by atoms with van der Waals surface area (Å²) in [4.78, 5) is 0. The van der Waals surface area contributed by atoms with E-state index in [1.54, 1.807) is 0 Å². The fourth-order valence-corrected chi connectivity index (χ4v) is 2.92. The average Bonchev–Trinajstić information content (AvgIpc) is 2.93. The lowest BCUT2D eigenvalue weighted by Crippen LogP contribution is -2.19. The van der Waals surface area contributed by atoms with Gasteiger partial charge in [0.05, 0.1) is 12.7 Å². The van der Waals surface area contributed by atoms with E-state index < -0.39 is 0 Å². The molecule has 1 aromatic rings. The Morgan fingerprint density at radius 2 is 2.35 bits per heavy atom. The molecule has 0 radical (unpaired) electrons. The van der Waals surface area contributed by atoms with Crippen molar-refractivity contribution in [1.29, 1.82) is 0 Å². The van der Waals surface area contributed by atoms with Crippen LogP contribution >= 0.6 is 27.5 Å². The molecule has 5 heteroatoms. The van der Waals surface area contributed by atoms with Gasteiger partial charge in [0.2, 0.25) is 0 Å². The number of hydrogen-bond acceptors (Lipinski definition) is 3. The molecule has 1 atom stereocenters. The summed E-state index contributed by atoms with van der Waals surface area (Å²) in [5, 5.41) is 4.17. The summed E-state index contributed by atoms with van der Waals surface area (Å²) in [6, 6.07) is 5.96. The predicted octanol–water partition coefficient (Wildman–Crippen LogP) is 3.78. The molecule has 0 spiro atoms. The first-order chi connectivity index (χ1) is 9.75. The molecule has 1 heterocycles. The van der Waals surface area contributed by atoms with Crippen LogP contribution in [0.4, 0.5) is 0 Å². The Kier molecular flexibility index (Phi) is 7.31. The van der Waals surface area contributed by atoms with E-state index >= 15 is 0 Å². The molecule has 0 amide bonds. The Morgan fingerprint density at radius 3 is 3.10 bits per heavy atom. The van der Waals surface area contributed by atoms with Crippen LogP contribution in [-0.4, -0.2) is 32.5 Å². The zero-order valence-corrected chi connectivity index (χ0v) is 13.9. The minimum atomic E-state index is 0.324. The molecule has 3 nitrogen and oxygen atoms in total. The molecule has 0 aliphatic carbocycles. The first-order valence-electron chi connectivity index (χ1n) is 7.09. The van der Waals surface area contributed by atoms with E-state index in [9.17, 15) is 0 Å². The van der Waals surface area contributed by atoms with Gasteiger partial charge in [0.1, 0.15) is 0 Å². The molecule has 1 aromatic carbocycles. The van der Waals surface area contributed by atoms with Crippen LogP contribution in [0.2, 0.25) is 5.02 Å². The Balaban J connectivity index is 1.50. The van der Waals surface area contributed by atoms with Crippen LogP contribution in [0.15, 0.2) is 22.7 Å². The van der Waals surface area contributed by atoms with Crippen LogP contribution in [0.25, 0.3) is 0 Å². The van der Waals surface area contributed by atoms with Crippen LogP contribution in [-0.2, 0) is 16.0 Å². The van der Waals surface area contributed by atoms with Gasteiger partial charge in [0.25, 0.3) is 0 Å². The topological polar surface area (TPSA) is 30.5 Å². The molecule has 112 valence electrons. The number of benzene rings is 1. The lowest BCUT2D eigenvalue weighted by Gasteiger charge is -2.10. The molecular weight excluding hydrogens is 342 g/mol. The van der Waals surface area contributed by atoms with Crippen LogP contribution in [0.3, 0.4) is 0 Å². The van der Waals surface area contributed by atoms with Crippen LogP contribution in [0.5, 0.6) is 0 Å². The van der Waals surface area contributed by atoms with E-state index in [0.717, 1.165) is 60.8 Å². The van der Waals surface area contributed by atoms with Crippen LogP contribution < -0.4 is 5.32 Å². The second-order valence-electron chi connectivity index (χ2n) is 4.98. The van der Waals surface area contributed by atoms with E-state index in [-0.39, 0.29) is 0 Å². The monoisotopic (exact) mass is 361 g/mol. The maximum atomic E-state index is 6.16. The highest BCUT2D eigenvalue weighted by Gasteiger charge is 2.14. The summed E-state index contributed by atoms with van der Waals surface area (Å²) in [6.45, 7) is 4.12. The van der Waals surface area contributed by atoms with Crippen molar-refractivity contribution in [3.05, 3.63) is 33.3 Å². The number of nitrogens with one attached hydrogen (secondary N) is 1. The van der Waals surface area contributed by atoms with Gasteiger partial charge in [0.15, 0.2) is 0 Å². The molecular formula is C15H21BrClNO2. The zero-order valence-electron chi connectivity index (χ0n) is 11.5. The molecule has 20 heavy (non-hydrogen) atoms. The number of halogens is 2. The maximum absolute atomic E-state index is 6.16. The third-order valence-corrected chi connectivity index (χ3v) is 4.15. The fourth-order valence-electron chi connectivity index (χ4n) is 2.18. The number of ether oxygens (including phenoxy) is 2. The van der Waals surface area contributed by atoms with Gasteiger partial charge < -0.3 is 14.8 Å². The zero-order chi connectivity index (χ0) is 14.2. The van der Waals surface area contributed by atoms with E-state index in [0.29, 0.717) is 6.10 Å². The van der Waals surface area contributed by atoms with E-state index in [1.165, 1.54) is 6.42 Å². The van der Waals surface area contributed by atoms with Crippen molar-refractivity contribution in [3.63, 3.8) is 0 Å². The Hall–Kier alpha value is -0.130. The van der Waals surface area contributed by atoms with Gasteiger partial charge in [-0.05, 0) is 43.5 Å². The third-order valence-electron chi connectivity index (χ3n) is 3.30. The number of hydrogen-bond donors (Lipinski definition) is 1. The summed E-state index contributed by atoms with van der Waals surface area (Å²) < 4.78 is 12.1. The lowest BCUT2D eigenvalue weighted by molar-refractivity contribution is 0.0166. The van der Waals surface area contributed by atoms with Crippen molar-refractivity contribution in [1.82, 2.24) is 5.32 Å². The molecule has 2 rings (SSSR count). The minimum absolute atomic E-state index is 0.324. The second-order valence-corrected chi connectivity index (χ2v) is 6.30. The van der Waals surface area contributed by atoms with Crippen molar-refractivity contribution < 1.29 is 9.47 Å². The van der Waals surface area contributed by atoms with Crippen molar-refractivity contribution in [2.24, 2.45) is 0 Å². The van der Waals surface area contributed by atoms with Gasteiger partial charge in [0, 0.05) is 29.3 Å². The summed E-state index contributed by atoms with van der Waals surface area (Å²) >= 11 is 9.56. The first-order valence-corrected chi connectivity index (χ1v) is 8.27. The van der Waals surface area contributed by atoms with E-state index in [2.05, 4.69) is 21.2 Å². The maximum Gasteiger partial charge on any atom is 0.0809 e. The number of rotatable bonds is 8. The largest absolute Gasteiger partial charge is 0.379 e. The van der Waals surface area contributed by atoms with Gasteiger partial charge in [-0.3, -0.25) is 0 Å². The lowest BCUT2D eigenvalue weighted by atomic mass is 10.2. The quantitative estimate of drug-likeness (QED) is 0.714. The molecule has 1 unspecified atom stereocenters. The molecule has 1 saturated heterocycles. The molecule has 0 bridgehead atoms. The summed E-state index contributed by atoms with van der Waals surface area (Å²) in [5.41, 5.74) is 1.12. The highest BCUT2D eigenvalue weighted by atomic mass is 79.9. The SMILES string of the molecule is Clc1cc(Br)ccc1CNCCCOCC1CCCO1. The summed E-state index contributed by atoms with van der Waals surface area (Å²) in [7, 11) is 0. The predicted molar refractivity (Wildman–Crippen MR) is 85.3 cm³/mol. The molecule has 1 N–H and O–H groups in total. The van der Waals surface area contributed by atoms with Crippen molar-refractivity contribution in [3.8, 4) is 0 Å². The second kappa shape index (κ2) is 9.00. The summed E-state index contributed by atoms with van der Waals surface area (Å²) in [6.07, 6.45) is 3.63. The smallest absolute Gasteiger partial charge is 0.0809 e. The Bertz CT molecular complexity index is 411. The van der Waals surface area contributed by atoms with Crippen molar-refractivity contribution in [2.45, 2.75) is 31.9 Å². The average molecular weight is 363 g/mol. The fraction of sp³-hybridized carbons (Fsp3) is 0.600. The molecule has 0 saturated carbocycles. The molecule has 1 fully saturated rings. The standard InChI is InChI=1S/C15H21BrClNO2/c16-13-5-4-12(15(17)9-13)10-18-6-2-7-19-11-14-3-1-8-20-14/h4-5,9,14,18H,1-3,6-8,10-11H2. The van der Waals surface area contributed by atoms with Crippen LogP contribution in [0.1, 0.15) is 24.8 Å². The van der Waals surface area contributed by atoms with Gasteiger partial charge in [-0.1, -0.05) is 33.6 Å². The van der Waals surface area contributed by atoms with Crippen molar-refractivity contribution >= 4 is 27.5 Å². The first kappa shape index (κ1) is 16.2. The Labute approximate surface area is 134 Å². The molecule has 1 aliphatic heterocycles. The normalized spacial score (nSPS) is 18.6. The third kappa shape index (κ3) is 5.70. The molecule has 0 aromatic heterocycles. The highest BCUT2D eigenvalue weighted by Crippen LogP contribution is 2.21. The summed E-state index contributed by atoms with van der Waals surface area (Å²) in [5.74, 6) is 0. The van der Waals surface area contributed by atoms with Gasteiger partial charge in [-0.25, -0.2) is 0 Å². The van der Waals surface area contributed by atoms with Gasteiger partial charge in [-0.15, -0.1) is 0 Å².